The summed E-state index contributed by atoms with van der Waals surface area (Å²) < 4.78 is 10.9. The average molecular weight is 354 g/mol. The smallest absolute Gasteiger partial charge is 0.336 e. The average Bonchev–Trinajstić information content (AvgIpc) is 2.74. The summed E-state index contributed by atoms with van der Waals surface area (Å²) in [5.74, 6) is 1.30. The Morgan fingerprint density at radius 2 is 1.30 bits per heavy atom. The Bertz CT molecular complexity index is 1100. The van der Waals surface area contributed by atoms with Gasteiger partial charge in [-0.3, -0.25) is 0 Å². The van der Waals surface area contributed by atoms with Gasteiger partial charge >= 0.3 is 5.63 Å². The van der Waals surface area contributed by atoms with Crippen LogP contribution < -0.4 is 10.4 Å². The van der Waals surface area contributed by atoms with E-state index in [9.17, 15) is 4.79 Å². The van der Waals surface area contributed by atoms with Gasteiger partial charge in [0.15, 0.2) is 0 Å². The zero-order valence-electron chi connectivity index (χ0n) is 14.9. The van der Waals surface area contributed by atoms with E-state index in [1.165, 1.54) is 0 Å². The van der Waals surface area contributed by atoms with Crippen molar-refractivity contribution in [2.24, 2.45) is 0 Å². The van der Waals surface area contributed by atoms with Crippen LogP contribution in [0.4, 0.5) is 0 Å². The molecule has 132 valence electrons. The van der Waals surface area contributed by atoms with Gasteiger partial charge in [-0.1, -0.05) is 60.7 Å². The van der Waals surface area contributed by atoms with Gasteiger partial charge < -0.3 is 9.15 Å². The lowest BCUT2D eigenvalue weighted by Crippen LogP contribution is -2.02. The Labute approximate surface area is 157 Å². The minimum Gasteiger partial charge on any atom is -0.497 e. The van der Waals surface area contributed by atoms with Gasteiger partial charge in [0.05, 0.1) is 7.11 Å². The zero-order valence-corrected chi connectivity index (χ0v) is 14.9. The Kier molecular flexibility index (Phi) is 4.58. The van der Waals surface area contributed by atoms with Crippen LogP contribution in [0.2, 0.25) is 0 Å². The lowest BCUT2D eigenvalue weighted by Gasteiger charge is -2.14. The van der Waals surface area contributed by atoms with E-state index in [4.69, 9.17) is 9.15 Å². The number of methoxy groups -OCH3 is 1. The third kappa shape index (κ3) is 3.40. The normalized spacial score (nSPS) is 10.6. The fourth-order valence-electron chi connectivity index (χ4n) is 3.18. The molecule has 0 aliphatic heterocycles. The molecular weight excluding hydrogens is 336 g/mol. The van der Waals surface area contributed by atoms with Crippen LogP contribution in [0.1, 0.15) is 0 Å². The molecule has 4 aromatic rings. The summed E-state index contributed by atoms with van der Waals surface area (Å²) in [5.41, 5.74) is 4.16. The van der Waals surface area contributed by atoms with Gasteiger partial charge in [-0.05, 0) is 35.4 Å². The largest absolute Gasteiger partial charge is 0.497 e. The second-order valence-electron chi connectivity index (χ2n) is 6.14. The Balaban J connectivity index is 2.03. The Morgan fingerprint density at radius 1 is 0.704 bits per heavy atom. The third-order valence-corrected chi connectivity index (χ3v) is 4.46. The molecule has 0 aliphatic carbocycles. The van der Waals surface area contributed by atoms with E-state index in [0.29, 0.717) is 5.76 Å². The quantitative estimate of drug-likeness (QED) is 0.475. The standard InChI is InChI=1S/C24H18O3/c1-26-20-14-12-19(13-15-20)24-23(18-10-6-3-7-11-18)21(16-22(25)27-24)17-8-4-2-5-9-17/h2-16H,1H3. The highest BCUT2D eigenvalue weighted by atomic mass is 16.5. The zero-order chi connectivity index (χ0) is 18.6. The summed E-state index contributed by atoms with van der Waals surface area (Å²) in [6.07, 6.45) is 0. The summed E-state index contributed by atoms with van der Waals surface area (Å²) in [4.78, 5) is 12.4. The van der Waals surface area contributed by atoms with E-state index in [1.807, 2.05) is 84.9 Å². The fraction of sp³-hybridized carbons (Fsp3) is 0.0417. The Morgan fingerprint density at radius 3 is 1.89 bits per heavy atom. The van der Waals surface area contributed by atoms with Crippen molar-refractivity contribution in [3.63, 3.8) is 0 Å². The van der Waals surface area contributed by atoms with Gasteiger partial charge in [0.2, 0.25) is 0 Å². The molecule has 0 amide bonds. The van der Waals surface area contributed by atoms with Crippen molar-refractivity contribution in [1.82, 2.24) is 0 Å². The van der Waals surface area contributed by atoms with Crippen LogP contribution in [0.15, 0.2) is 100 Å². The molecule has 3 nitrogen and oxygen atoms in total. The first-order valence-corrected chi connectivity index (χ1v) is 8.69. The van der Waals surface area contributed by atoms with Gasteiger partial charge in [-0.2, -0.15) is 0 Å². The maximum Gasteiger partial charge on any atom is 0.336 e. The molecule has 27 heavy (non-hydrogen) atoms. The number of hydrogen-bond donors (Lipinski definition) is 0. The highest BCUT2D eigenvalue weighted by molar-refractivity contribution is 5.91. The first-order valence-electron chi connectivity index (χ1n) is 8.69. The van der Waals surface area contributed by atoms with Gasteiger partial charge in [0.25, 0.3) is 0 Å². The number of benzene rings is 3. The van der Waals surface area contributed by atoms with Crippen molar-refractivity contribution in [3.8, 4) is 39.3 Å². The molecule has 1 aromatic heterocycles. The van der Waals surface area contributed by atoms with Crippen LogP contribution in [0, 0.1) is 0 Å². The number of rotatable bonds is 4. The Hall–Kier alpha value is -3.59. The maximum atomic E-state index is 12.4. The van der Waals surface area contributed by atoms with Crippen molar-refractivity contribution in [2.75, 3.05) is 7.11 Å². The molecule has 0 unspecified atom stereocenters. The van der Waals surface area contributed by atoms with Crippen LogP contribution >= 0.6 is 0 Å². The highest BCUT2D eigenvalue weighted by Gasteiger charge is 2.18. The molecular formula is C24H18O3. The first-order chi connectivity index (χ1) is 13.3. The molecule has 0 bridgehead atoms. The summed E-state index contributed by atoms with van der Waals surface area (Å²) in [6, 6.07) is 28.9. The molecule has 0 spiro atoms. The summed E-state index contributed by atoms with van der Waals surface area (Å²) in [7, 11) is 1.63. The molecule has 3 aromatic carbocycles. The van der Waals surface area contributed by atoms with Crippen LogP contribution in [0.25, 0.3) is 33.6 Å². The van der Waals surface area contributed by atoms with Gasteiger partial charge in [0, 0.05) is 22.8 Å². The van der Waals surface area contributed by atoms with Crippen molar-refractivity contribution in [1.29, 1.82) is 0 Å². The van der Waals surface area contributed by atoms with E-state index < -0.39 is 0 Å². The maximum absolute atomic E-state index is 12.4. The molecule has 3 heteroatoms. The van der Waals surface area contributed by atoms with E-state index >= 15 is 0 Å². The molecule has 4 rings (SSSR count). The van der Waals surface area contributed by atoms with E-state index in [0.717, 1.165) is 33.6 Å². The SMILES string of the molecule is COc1ccc(-c2oc(=O)cc(-c3ccccc3)c2-c2ccccc2)cc1. The molecule has 0 saturated heterocycles. The van der Waals surface area contributed by atoms with Gasteiger partial charge in [0.1, 0.15) is 11.5 Å². The van der Waals surface area contributed by atoms with Crippen LogP contribution in [-0.2, 0) is 0 Å². The van der Waals surface area contributed by atoms with Gasteiger partial charge in [-0.25, -0.2) is 4.79 Å². The highest BCUT2D eigenvalue weighted by Crippen LogP contribution is 2.39. The van der Waals surface area contributed by atoms with Crippen molar-refractivity contribution < 1.29 is 9.15 Å². The fourth-order valence-corrected chi connectivity index (χ4v) is 3.18. The van der Waals surface area contributed by atoms with Gasteiger partial charge in [-0.15, -0.1) is 0 Å². The predicted molar refractivity (Wildman–Crippen MR) is 108 cm³/mol. The summed E-state index contributed by atoms with van der Waals surface area (Å²) in [5, 5.41) is 0. The minimum absolute atomic E-state index is 0.376. The lowest BCUT2D eigenvalue weighted by atomic mass is 9.92. The van der Waals surface area contributed by atoms with E-state index in [-0.39, 0.29) is 5.63 Å². The molecule has 0 radical (unpaired) electrons. The number of hydrogen-bond acceptors (Lipinski definition) is 3. The molecule has 0 N–H and O–H groups in total. The second kappa shape index (κ2) is 7.34. The van der Waals surface area contributed by atoms with E-state index in [2.05, 4.69) is 0 Å². The van der Waals surface area contributed by atoms with Crippen LogP contribution in [0.3, 0.4) is 0 Å². The molecule has 0 saturated carbocycles. The van der Waals surface area contributed by atoms with Crippen molar-refractivity contribution in [3.05, 3.63) is 101 Å². The molecule has 0 aliphatic rings. The van der Waals surface area contributed by atoms with Crippen LogP contribution in [-0.4, -0.2) is 7.11 Å². The molecule has 0 atom stereocenters. The lowest BCUT2D eigenvalue weighted by molar-refractivity contribution is 0.415. The summed E-state index contributed by atoms with van der Waals surface area (Å²) >= 11 is 0. The monoisotopic (exact) mass is 354 g/mol. The van der Waals surface area contributed by atoms with Crippen molar-refractivity contribution in [2.45, 2.75) is 0 Å². The molecule has 0 fully saturated rings. The summed E-state index contributed by atoms with van der Waals surface area (Å²) in [6.45, 7) is 0. The predicted octanol–water partition coefficient (Wildman–Crippen LogP) is 5.65. The number of ether oxygens (including phenoxy) is 1. The van der Waals surface area contributed by atoms with Crippen LogP contribution in [0.5, 0.6) is 5.75 Å². The topological polar surface area (TPSA) is 39.4 Å². The third-order valence-electron chi connectivity index (χ3n) is 4.46. The molecule has 1 heterocycles. The first kappa shape index (κ1) is 16.9. The van der Waals surface area contributed by atoms with Crippen molar-refractivity contribution >= 4 is 0 Å². The second-order valence-corrected chi connectivity index (χ2v) is 6.14. The van der Waals surface area contributed by atoms with E-state index in [1.54, 1.807) is 13.2 Å². The minimum atomic E-state index is -0.376.